The first kappa shape index (κ1) is 16.5. The zero-order chi connectivity index (χ0) is 15.1. The van der Waals surface area contributed by atoms with Crippen molar-refractivity contribution >= 4 is 0 Å². The predicted molar refractivity (Wildman–Crippen MR) is 86.6 cm³/mol. The topological polar surface area (TPSA) is 30.5 Å². The molecule has 0 bridgehead atoms. The molecule has 1 aliphatic carbocycles. The first-order valence-electron chi connectivity index (χ1n) is 8.17. The van der Waals surface area contributed by atoms with Gasteiger partial charge in [-0.3, -0.25) is 0 Å². The lowest BCUT2D eigenvalue weighted by atomic mass is 9.95. The molecule has 21 heavy (non-hydrogen) atoms. The van der Waals surface area contributed by atoms with Crippen LogP contribution in [-0.4, -0.2) is 33.0 Å². The third-order valence-electron chi connectivity index (χ3n) is 4.55. The van der Waals surface area contributed by atoms with Gasteiger partial charge in [0.15, 0.2) is 0 Å². The molecule has 118 valence electrons. The molecule has 1 aromatic carbocycles. The summed E-state index contributed by atoms with van der Waals surface area (Å²) in [7, 11) is 3.80. The minimum atomic E-state index is 0.263. The average Bonchev–Trinajstić information content (AvgIpc) is 2.56. The summed E-state index contributed by atoms with van der Waals surface area (Å²) in [6.45, 7) is 2.91. The number of likely N-dealkylation sites (N-methyl/N-ethyl adjacent to an activating group) is 1. The molecule has 3 heteroatoms. The van der Waals surface area contributed by atoms with E-state index < -0.39 is 0 Å². The molecule has 0 aromatic heterocycles. The molecule has 3 atom stereocenters. The van der Waals surface area contributed by atoms with E-state index in [4.69, 9.17) is 9.47 Å². The van der Waals surface area contributed by atoms with Crippen LogP contribution in [0, 0.1) is 0 Å². The first-order chi connectivity index (χ1) is 10.3. The molecular weight excluding hydrogens is 262 g/mol. The molecule has 3 unspecified atom stereocenters. The van der Waals surface area contributed by atoms with Crippen LogP contribution in [0.3, 0.4) is 0 Å². The van der Waals surface area contributed by atoms with E-state index in [1.807, 2.05) is 7.05 Å². The second-order valence-corrected chi connectivity index (χ2v) is 5.92. The first-order valence-corrected chi connectivity index (χ1v) is 8.17. The largest absolute Gasteiger partial charge is 0.381 e. The highest BCUT2D eigenvalue weighted by atomic mass is 16.5. The summed E-state index contributed by atoms with van der Waals surface area (Å²) in [6, 6.07) is 9.10. The van der Waals surface area contributed by atoms with Gasteiger partial charge in [-0.25, -0.2) is 0 Å². The van der Waals surface area contributed by atoms with Crippen molar-refractivity contribution in [3.8, 4) is 0 Å². The van der Waals surface area contributed by atoms with Crippen molar-refractivity contribution in [2.24, 2.45) is 0 Å². The van der Waals surface area contributed by atoms with Crippen LogP contribution >= 0.6 is 0 Å². The fourth-order valence-electron chi connectivity index (χ4n) is 3.03. The van der Waals surface area contributed by atoms with Crippen molar-refractivity contribution in [3.05, 3.63) is 35.4 Å². The number of ether oxygens (including phenoxy) is 2. The summed E-state index contributed by atoms with van der Waals surface area (Å²) in [5, 5.41) is 3.36. The Balaban J connectivity index is 1.86. The van der Waals surface area contributed by atoms with Gasteiger partial charge in [-0.1, -0.05) is 31.2 Å². The third-order valence-corrected chi connectivity index (χ3v) is 4.55. The van der Waals surface area contributed by atoms with Crippen molar-refractivity contribution in [1.82, 2.24) is 5.32 Å². The Hall–Kier alpha value is -0.900. The van der Waals surface area contributed by atoms with E-state index in [1.165, 1.54) is 24.0 Å². The zero-order valence-corrected chi connectivity index (χ0v) is 13.6. The van der Waals surface area contributed by atoms with Gasteiger partial charge in [0.1, 0.15) is 0 Å². The maximum atomic E-state index is 6.14. The summed E-state index contributed by atoms with van der Waals surface area (Å²) < 4.78 is 11.6. The number of hydrogen-bond acceptors (Lipinski definition) is 3. The van der Waals surface area contributed by atoms with Crippen LogP contribution in [0.4, 0.5) is 0 Å². The molecule has 0 amide bonds. The maximum Gasteiger partial charge on any atom is 0.0665 e. The van der Waals surface area contributed by atoms with E-state index in [-0.39, 0.29) is 6.04 Å². The lowest BCUT2D eigenvalue weighted by Crippen LogP contribution is -2.31. The molecule has 2 rings (SSSR count). The molecule has 0 heterocycles. The van der Waals surface area contributed by atoms with Gasteiger partial charge in [0.25, 0.3) is 0 Å². The molecular formula is C18H29NO2. The van der Waals surface area contributed by atoms with Crippen LogP contribution in [0.1, 0.15) is 49.8 Å². The van der Waals surface area contributed by atoms with E-state index >= 15 is 0 Å². The Labute approximate surface area is 129 Å². The SMILES string of the molecule is CCc1ccc(C(COC2CCCC(OC)C2)NC)cc1. The van der Waals surface area contributed by atoms with Crippen molar-refractivity contribution in [2.45, 2.75) is 57.3 Å². The number of nitrogens with one attached hydrogen (secondary N) is 1. The number of methoxy groups -OCH3 is 1. The van der Waals surface area contributed by atoms with Crippen LogP contribution in [0.25, 0.3) is 0 Å². The monoisotopic (exact) mass is 291 g/mol. The fourth-order valence-corrected chi connectivity index (χ4v) is 3.03. The Morgan fingerprint density at radius 3 is 2.52 bits per heavy atom. The van der Waals surface area contributed by atoms with Gasteiger partial charge in [0.2, 0.25) is 0 Å². The highest BCUT2D eigenvalue weighted by Gasteiger charge is 2.23. The van der Waals surface area contributed by atoms with E-state index in [2.05, 4.69) is 36.5 Å². The fraction of sp³-hybridized carbons (Fsp3) is 0.667. The second-order valence-electron chi connectivity index (χ2n) is 5.92. The molecule has 1 saturated carbocycles. The summed E-state index contributed by atoms with van der Waals surface area (Å²) >= 11 is 0. The third kappa shape index (κ3) is 4.80. The van der Waals surface area contributed by atoms with Crippen LogP contribution in [0.15, 0.2) is 24.3 Å². The van der Waals surface area contributed by atoms with E-state index in [1.54, 1.807) is 7.11 Å². The number of rotatable bonds is 7. The van der Waals surface area contributed by atoms with E-state index in [0.29, 0.717) is 12.2 Å². The minimum absolute atomic E-state index is 0.263. The maximum absolute atomic E-state index is 6.14. The van der Waals surface area contributed by atoms with Crippen molar-refractivity contribution in [2.75, 3.05) is 20.8 Å². The van der Waals surface area contributed by atoms with E-state index in [0.717, 1.165) is 25.9 Å². The van der Waals surface area contributed by atoms with Gasteiger partial charge in [-0.15, -0.1) is 0 Å². The Morgan fingerprint density at radius 2 is 1.90 bits per heavy atom. The highest BCUT2D eigenvalue weighted by molar-refractivity contribution is 5.25. The highest BCUT2D eigenvalue weighted by Crippen LogP contribution is 2.24. The normalized spacial score (nSPS) is 24.0. The Kier molecular flexibility index (Phi) is 6.68. The summed E-state index contributed by atoms with van der Waals surface area (Å²) in [4.78, 5) is 0. The molecule has 3 nitrogen and oxygen atoms in total. The predicted octanol–water partition coefficient (Wildman–Crippen LogP) is 3.48. The summed E-state index contributed by atoms with van der Waals surface area (Å²) in [6.07, 6.45) is 6.37. The minimum Gasteiger partial charge on any atom is -0.381 e. The van der Waals surface area contributed by atoms with Gasteiger partial charge < -0.3 is 14.8 Å². The molecule has 0 aliphatic heterocycles. The van der Waals surface area contributed by atoms with Crippen molar-refractivity contribution < 1.29 is 9.47 Å². The molecule has 0 saturated heterocycles. The summed E-state index contributed by atoms with van der Waals surface area (Å²) in [5.41, 5.74) is 2.68. The van der Waals surface area contributed by atoms with E-state index in [9.17, 15) is 0 Å². The molecule has 0 radical (unpaired) electrons. The summed E-state index contributed by atoms with van der Waals surface area (Å²) in [5.74, 6) is 0. The van der Waals surface area contributed by atoms with Crippen LogP contribution in [0.5, 0.6) is 0 Å². The number of benzene rings is 1. The van der Waals surface area contributed by atoms with Crippen molar-refractivity contribution in [3.63, 3.8) is 0 Å². The Bertz CT molecular complexity index is 404. The van der Waals surface area contributed by atoms with Crippen molar-refractivity contribution in [1.29, 1.82) is 0 Å². The van der Waals surface area contributed by atoms with Gasteiger partial charge in [-0.2, -0.15) is 0 Å². The quantitative estimate of drug-likeness (QED) is 0.834. The Morgan fingerprint density at radius 1 is 1.19 bits per heavy atom. The van der Waals surface area contributed by atoms with Gasteiger partial charge >= 0.3 is 0 Å². The smallest absolute Gasteiger partial charge is 0.0665 e. The number of hydrogen-bond donors (Lipinski definition) is 1. The van der Waals surface area contributed by atoms with Crippen LogP contribution in [-0.2, 0) is 15.9 Å². The standard InChI is InChI=1S/C18H29NO2/c1-4-14-8-10-15(11-9-14)18(19-2)13-21-17-7-5-6-16(12-17)20-3/h8-11,16-19H,4-7,12-13H2,1-3H3. The molecule has 1 fully saturated rings. The average molecular weight is 291 g/mol. The molecule has 1 N–H and O–H groups in total. The number of aryl methyl sites for hydroxylation is 1. The lowest BCUT2D eigenvalue weighted by Gasteiger charge is -2.29. The molecule has 1 aliphatic rings. The lowest BCUT2D eigenvalue weighted by molar-refractivity contribution is -0.0352. The van der Waals surface area contributed by atoms with Crippen LogP contribution < -0.4 is 5.32 Å². The second kappa shape index (κ2) is 8.52. The molecule has 0 spiro atoms. The van der Waals surface area contributed by atoms with Gasteiger partial charge in [0, 0.05) is 7.11 Å². The van der Waals surface area contributed by atoms with Gasteiger partial charge in [0.05, 0.1) is 24.9 Å². The molecule has 1 aromatic rings. The van der Waals surface area contributed by atoms with Crippen LogP contribution in [0.2, 0.25) is 0 Å². The van der Waals surface area contributed by atoms with Gasteiger partial charge in [-0.05, 0) is 50.3 Å². The zero-order valence-electron chi connectivity index (χ0n) is 13.6.